The molecule has 2 atom stereocenters. The zero-order valence-corrected chi connectivity index (χ0v) is 30.1. The summed E-state index contributed by atoms with van der Waals surface area (Å²) in [5, 5.41) is 3.89. The lowest BCUT2D eigenvalue weighted by atomic mass is 9.87. The van der Waals surface area contributed by atoms with E-state index in [1.165, 1.54) is 70.2 Å². The highest BCUT2D eigenvalue weighted by Crippen LogP contribution is 2.42. The molecule has 3 aromatic heterocycles. The lowest BCUT2D eigenvalue weighted by molar-refractivity contribution is 0.684. The molecule has 0 fully saturated rings. The summed E-state index contributed by atoms with van der Waals surface area (Å²) >= 11 is 1.88. The number of hydrogen-bond acceptors (Lipinski definition) is 3. The van der Waals surface area contributed by atoms with E-state index in [1.807, 2.05) is 23.6 Å². The van der Waals surface area contributed by atoms with Gasteiger partial charge in [-0.2, -0.15) is 0 Å². The summed E-state index contributed by atoms with van der Waals surface area (Å²) in [6, 6.07) is 42.1. The van der Waals surface area contributed by atoms with E-state index in [0.717, 1.165) is 29.6 Å². The van der Waals surface area contributed by atoms with E-state index in [9.17, 15) is 0 Å². The first kappa shape index (κ1) is 30.9. The number of fused-ring (bicyclic) bond motifs is 6. The Bertz CT molecular complexity index is 2770. The van der Waals surface area contributed by atoms with E-state index in [4.69, 9.17) is 9.97 Å². The minimum Gasteiger partial charge on any atom is -0.282 e. The minimum atomic E-state index is 0.436. The summed E-state index contributed by atoms with van der Waals surface area (Å²) in [5.41, 5.74) is 13.3. The van der Waals surface area contributed by atoms with Gasteiger partial charge in [-0.05, 0) is 88.4 Å². The third-order valence-corrected chi connectivity index (χ3v) is 12.1. The van der Waals surface area contributed by atoms with Crippen LogP contribution in [0.2, 0.25) is 0 Å². The van der Waals surface area contributed by atoms with E-state index in [-0.39, 0.29) is 0 Å². The average Bonchev–Trinajstić information content (AvgIpc) is 3.73. The highest BCUT2D eigenvalue weighted by molar-refractivity contribution is 7.26. The number of benzene rings is 5. The van der Waals surface area contributed by atoms with Gasteiger partial charge in [-0.25, -0.2) is 9.97 Å². The van der Waals surface area contributed by atoms with Gasteiger partial charge < -0.3 is 0 Å². The van der Waals surface area contributed by atoms with Crippen molar-refractivity contribution < 1.29 is 0 Å². The van der Waals surface area contributed by atoms with Crippen LogP contribution in [-0.4, -0.2) is 14.5 Å². The Balaban J connectivity index is 1.03. The molecule has 0 radical (unpaired) electrons. The molecule has 10 rings (SSSR count). The molecule has 0 bridgehead atoms. The topological polar surface area (TPSA) is 30.7 Å². The van der Waals surface area contributed by atoms with Crippen molar-refractivity contribution in [2.24, 2.45) is 11.8 Å². The number of allylic oxidation sites excluding steroid dienone is 5. The largest absolute Gasteiger partial charge is 0.282 e. The van der Waals surface area contributed by atoms with Crippen LogP contribution in [0.4, 0.5) is 0 Å². The monoisotopic (exact) mass is 687 g/mol. The maximum atomic E-state index is 5.22. The van der Waals surface area contributed by atoms with Gasteiger partial charge in [0.05, 0.1) is 11.2 Å². The first-order valence-electron chi connectivity index (χ1n) is 18.3. The molecule has 0 amide bonds. The Morgan fingerprint density at radius 3 is 2.42 bits per heavy atom. The van der Waals surface area contributed by atoms with E-state index in [0.29, 0.717) is 17.8 Å². The van der Waals surface area contributed by atoms with Crippen molar-refractivity contribution >= 4 is 54.1 Å². The van der Waals surface area contributed by atoms with Crippen LogP contribution in [0.5, 0.6) is 0 Å². The van der Waals surface area contributed by atoms with Gasteiger partial charge in [-0.15, -0.1) is 11.3 Å². The first-order chi connectivity index (χ1) is 25.6. The Morgan fingerprint density at radius 2 is 1.52 bits per heavy atom. The summed E-state index contributed by atoms with van der Waals surface area (Å²) in [7, 11) is 0. The predicted molar refractivity (Wildman–Crippen MR) is 221 cm³/mol. The van der Waals surface area contributed by atoms with Gasteiger partial charge in [0, 0.05) is 48.6 Å². The zero-order chi connectivity index (χ0) is 34.8. The van der Waals surface area contributed by atoms with Crippen LogP contribution >= 0.6 is 11.3 Å². The molecule has 2 unspecified atom stereocenters. The van der Waals surface area contributed by atoms with Crippen molar-refractivity contribution in [3.63, 3.8) is 0 Å². The molecule has 3 heterocycles. The first-order valence-corrected chi connectivity index (χ1v) is 19.1. The van der Waals surface area contributed by atoms with E-state index >= 15 is 0 Å². The number of hydrogen-bond donors (Lipinski definition) is 0. The van der Waals surface area contributed by atoms with Crippen molar-refractivity contribution in [1.29, 1.82) is 0 Å². The van der Waals surface area contributed by atoms with Crippen molar-refractivity contribution in [3.05, 3.63) is 163 Å². The van der Waals surface area contributed by atoms with Gasteiger partial charge >= 0.3 is 0 Å². The van der Waals surface area contributed by atoms with Crippen LogP contribution in [0, 0.1) is 11.8 Å². The molecule has 0 saturated heterocycles. The number of aromatic nitrogens is 3. The molecule has 5 aromatic carbocycles. The van der Waals surface area contributed by atoms with Crippen LogP contribution < -0.4 is 0 Å². The standard InChI is InChI=1S/C48H37N3S/c1-30-17-23-39-42-29-36(38-14-8-15-41-40-13-5-6-16-46(40)52-47(38)41)22-24-44(42)51(45(39)27-30)48-49-26-25-43(50-48)33-20-18-32(19-21-33)34-10-7-11-35(28-34)37-12-4-3-9-31(37)2/h3-8,10-26,28-31H,9,27H2,1-2H3. The van der Waals surface area contributed by atoms with Crippen LogP contribution in [0.1, 0.15) is 37.1 Å². The van der Waals surface area contributed by atoms with Crippen LogP contribution in [0.3, 0.4) is 0 Å². The fourth-order valence-electron chi connectivity index (χ4n) is 8.21. The summed E-state index contributed by atoms with van der Waals surface area (Å²) in [4.78, 5) is 10.1. The molecule has 2 aliphatic rings. The summed E-state index contributed by atoms with van der Waals surface area (Å²) < 4.78 is 4.96. The Hall–Kier alpha value is -5.84. The zero-order valence-electron chi connectivity index (χ0n) is 29.3. The van der Waals surface area contributed by atoms with Gasteiger partial charge in [0.25, 0.3) is 0 Å². The SMILES string of the molecule is CC1C=Cc2c(n(-c3nccc(-c4ccc(-c5cccc(C6=CC=CCC6C)c5)cc4)n3)c3ccc(-c4cccc5c4sc4ccccc45)cc23)C1. The maximum absolute atomic E-state index is 5.22. The highest BCUT2D eigenvalue weighted by Gasteiger charge is 2.24. The van der Waals surface area contributed by atoms with Gasteiger partial charge in [0.1, 0.15) is 0 Å². The summed E-state index contributed by atoms with van der Waals surface area (Å²) in [6.07, 6.45) is 15.3. The predicted octanol–water partition coefficient (Wildman–Crippen LogP) is 13.0. The molecule has 0 N–H and O–H groups in total. The number of rotatable bonds is 5. The maximum Gasteiger partial charge on any atom is 0.234 e. The molecule has 2 aliphatic carbocycles. The van der Waals surface area contributed by atoms with Crippen molar-refractivity contribution in [2.45, 2.75) is 26.7 Å². The van der Waals surface area contributed by atoms with Crippen LogP contribution in [0.25, 0.3) is 82.2 Å². The normalized spacial score (nSPS) is 16.8. The van der Waals surface area contributed by atoms with E-state index in [2.05, 4.69) is 158 Å². The molecular weight excluding hydrogens is 651 g/mol. The van der Waals surface area contributed by atoms with E-state index in [1.54, 1.807) is 0 Å². The molecule has 250 valence electrons. The lowest BCUT2D eigenvalue weighted by Crippen LogP contribution is -2.11. The fourth-order valence-corrected chi connectivity index (χ4v) is 9.45. The molecule has 0 aliphatic heterocycles. The van der Waals surface area contributed by atoms with E-state index < -0.39 is 0 Å². The lowest BCUT2D eigenvalue weighted by Gasteiger charge is -2.18. The number of thiophene rings is 1. The van der Waals surface area contributed by atoms with Crippen molar-refractivity contribution in [3.8, 4) is 39.5 Å². The third kappa shape index (κ3) is 5.17. The van der Waals surface area contributed by atoms with Gasteiger partial charge in [0.15, 0.2) is 0 Å². The summed E-state index contributed by atoms with van der Waals surface area (Å²) in [5.74, 6) is 1.68. The van der Waals surface area contributed by atoms with Crippen molar-refractivity contribution in [1.82, 2.24) is 14.5 Å². The Morgan fingerprint density at radius 1 is 0.712 bits per heavy atom. The quantitative estimate of drug-likeness (QED) is 0.180. The Kier molecular flexibility index (Phi) is 7.40. The Labute approximate surface area is 308 Å². The van der Waals surface area contributed by atoms with Crippen LogP contribution in [-0.2, 0) is 6.42 Å². The smallest absolute Gasteiger partial charge is 0.234 e. The second-order valence-electron chi connectivity index (χ2n) is 14.3. The summed E-state index contributed by atoms with van der Waals surface area (Å²) in [6.45, 7) is 4.59. The fraction of sp³-hybridized carbons (Fsp3) is 0.125. The van der Waals surface area contributed by atoms with Gasteiger partial charge in [-0.3, -0.25) is 4.57 Å². The molecule has 52 heavy (non-hydrogen) atoms. The minimum absolute atomic E-state index is 0.436. The van der Waals surface area contributed by atoms with Gasteiger partial charge in [0.2, 0.25) is 5.95 Å². The molecular formula is C48H37N3S. The second-order valence-corrected chi connectivity index (χ2v) is 15.4. The second kappa shape index (κ2) is 12.4. The molecule has 8 aromatic rings. The molecule has 3 nitrogen and oxygen atoms in total. The number of nitrogens with zero attached hydrogens (tertiary/aromatic N) is 3. The molecule has 4 heteroatoms. The third-order valence-electron chi connectivity index (χ3n) is 10.9. The molecule has 0 spiro atoms. The average molecular weight is 688 g/mol. The van der Waals surface area contributed by atoms with Crippen molar-refractivity contribution in [2.75, 3.05) is 0 Å². The molecule has 0 saturated carbocycles. The highest BCUT2D eigenvalue weighted by atomic mass is 32.1. The van der Waals surface area contributed by atoms with Crippen LogP contribution in [0.15, 0.2) is 146 Å². The van der Waals surface area contributed by atoms with Gasteiger partial charge in [-0.1, -0.05) is 129 Å².